The Kier molecular flexibility index (Phi) is 6.01. The molecule has 0 aliphatic heterocycles. The van der Waals surface area contributed by atoms with Gasteiger partial charge in [-0.15, -0.1) is 0 Å². The van der Waals surface area contributed by atoms with E-state index in [4.69, 9.17) is 9.47 Å². The number of anilines is 1. The molecule has 2 aromatic rings. The highest BCUT2D eigenvalue weighted by molar-refractivity contribution is 7.22. The van der Waals surface area contributed by atoms with Gasteiger partial charge in [-0.25, -0.2) is 14.6 Å². The van der Waals surface area contributed by atoms with Crippen LogP contribution in [-0.4, -0.2) is 35.1 Å². The summed E-state index contributed by atoms with van der Waals surface area (Å²) in [6.07, 6.45) is 1.12. The number of hydrogen-bond donors (Lipinski definition) is 1. The van der Waals surface area contributed by atoms with Gasteiger partial charge in [0, 0.05) is 12.3 Å². The van der Waals surface area contributed by atoms with Crippen molar-refractivity contribution in [2.75, 3.05) is 18.5 Å². The maximum Gasteiger partial charge on any atom is 0.347 e. The molecule has 9 nitrogen and oxygen atoms in total. The Morgan fingerprint density at radius 3 is 2.48 bits per heavy atom. The third-order valence-corrected chi connectivity index (χ3v) is 3.88. The molecular formula is C15H15N3O6S. The summed E-state index contributed by atoms with van der Waals surface area (Å²) in [6, 6.07) is 4.59. The number of hydrogen-bond acceptors (Lipinski definition) is 9. The zero-order valence-corrected chi connectivity index (χ0v) is 14.3. The van der Waals surface area contributed by atoms with Gasteiger partial charge in [0.2, 0.25) is 0 Å². The Morgan fingerprint density at radius 1 is 1.28 bits per heavy atom. The van der Waals surface area contributed by atoms with Crippen molar-refractivity contribution in [3.63, 3.8) is 0 Å². The Morgan fingerprint density at radius 2 is 1.92 bits per heavy atom. The van der Waals surface area contributed by atoms with Crippen molar-refractivity contribution in [3.05, 3.63) is 40.1 Å². The number of nitrogens with one attached hydrogen (secondary N) is 1. The van der Waals surface area contributed by atoms with E-state index in [1.807, 2.05) is 0 Å². The molecule has 0 amide bonds. The lowest BCUT2D eigenvalue weighted by atomic mass is 10.3. The van der Waals surface area contributed by atoms with Crippen LogP contribution in [0.25, 0.3) is 10.2 Å². The fourth-order valence-electron chi connectivity index (χ4n) is 1.90. The average Bonchev–Trinajstić information content (AvgIpc) is 2.98. The lowest BCUT2D eigenvalue weighted by Crippen LogP contribution is -2.19. The molecule has 0 unspecified atom stereocenters. The number of nitrogens with zero attached hydrogens (tertiary/aromatic N) is 2. The third-order valence-electron chi connectivity index (χ3n) is 2.93. The van der Waals surface area contributed by atoms with E-state index in [9.17, 15) is 19.7 Å². The van der Waals surface area contributed by atoms with Gasteiger partial charge in [-0.05, 0) is 19.9 Å². The van der Waals surface area contributed by atoms with Crippen molar-refractivity contribution < 1.29 is 24.0 Å². The van der Waals surface area contributed by atoms with E-state index in [2.05, 4.69) is 10.3 Å². The van der Waals surface area contributed by atoms with Gasteiger partial charge < -0.3 is 14.8 Å². The minimum Gasteiger partial charge on any atom is -0.462 e. The summed E-state index contributed by atoms with van der Waals surface area (Å²) in [6.45, 7) is 3.42. The molecule has 0 aliphatic carbocycles. The Balaban J connectivity index is 2.32. The average molecular weight is 365 g/mol. The SMILES string of the molecule is CCOC(=O)C(=CNc1nc2c([N+](=O)[O-])cccc2s1)C(=O)OCC. The molecule has 1 heterocycles. The molecule has 0 aliphatic rings. The first-order valence-electron chi connectivity index (χ1n) is 7.32. The van der Waals surface area contributed by atoms with Crippen molar-refractivity contribution in [2.45, 2.75) is 13.8 Å². The highest BCUT2D eigenvalue weighted by Crippen LogP contribution is 2.32. The first kappa shape index (κ1) is 18.3. The number of aromatic nitrogens is 1. The van der Waals surface area contributed by atoms with Crippen LogP contribution in [0.5, 0.6) is 0 Å². The van der Waals surface area contributed by atoms with E-state index in [0.717, 1.165) is 17.5 Å². The van der Waals surface area contributed by atoms with Crippen LogP contribution in [-0.2, 0) is 19.1 Å². The zero-order valence-electron chi connectivity index (χ0n) is 13.5. The number of thiazole rings is 1. The summed E-state index contributed by atoms with van der Waals surface area (Å²) in [7, 11) is 0. The monoisotopic (exact) mass is 365 g/mol. The van der Waals surface area contributed by atoms with Gasteiger partial charge in [0.25, 0.3) is 5.69 Å². The third kappa shape index (κ3) is 4.29. The molecule has 0 saturated carbocycles. The topological polar surface area (TPSA) is 121 Å². The van der Waals surface area contributed by atoms with E-state index in [1.165, 1.54) is 6.07 Å². The van der Waals surface area contributed by atoms with Gasteiger partial charge in [-0.2, -0.15) is 0 Å². The van der Waals surface area contributed by atoms with E-state index in [1.54, 1.807) is 26.0 Å². The summed E-state index contributed by atoms with van der Waals surface area (Å²) < 4.78 is 10.2. The smallest absolute Gasteiger partial charge is 0.347 e. The summed E-state index contributed by atoms with van der Waals surface area (Å²) in [4.78, 5) is 38.4. The highest BCUT2D eigenvalue weighted by atomic mass is 32.1. The molecule has 1 N–H and O–H groups in total. The fourth-order valence-corrected chi connectivity index (χ4v) is 2.75. The Bertz CT molecular complexity index is 825. The standard InChI is InChI=1S/C15H15N3O6S/c1-3-23-13(19)9(14(20)24-4-2)8-16-15-17-12-10(18(21)22)6-5-7-11(12)25-15/h5-8H,3-4H2,1-2H3,(H,16,17). The van der Waals surface area contributed by atoms with Gasteiger partial charge >= 0.3 is 11.9 Å². The van der Waals surface area contributed by atoms with Crippen molar-refractivity contribution in [1.29, 1.82) is 0 Å². The molecule has 0 radical (unpaired) electrons. The number of nitro groups is 1. The molecule has 1 aromatic carbocycles. The highest BCUT2D eigenvalue weighted by Gasteiger charge is 2.21. The van der Waals surface area contributed by atoms with Crippen molar-refractivity contribution in [2.24, 2.45) is 0 Å². The lowest BCUT2D eigenvalue weighted by Gasteiger charge is -2.06. The van der Waals surface area contributed by atoms with Crippen LogP contribution in [0.4, 0.5) is 10.8 Å². The summed E-state index contributed by atoms with van der Waals surface area (Å²) in [5, 5.41) is 14.0. The number of carbonyl (C=O) groups excluding carboxylic acids is 2. The number of nitro benzene ring substituents is 1. The van der Waals surface area contributed by atoms with Crippen LogP contribution in [0.1, 0.15) is 13.8 Å². The maximum absolute atomic E-state index is 11.9. The molecule has 0 fully saturated rings. The number of para-hydroxylation sites is 1. The van der Waals surface area contributed by atoms with Gasteiger partial charge in [0.15, 0.2) is 16.2 Å². The minimum atomic E-state index is -0.833. The summed E-state index contributed by atoms with van der Waals surface area (Å²) in [5.74, 6) is -1.67. The van der Waals surface area contributed by atoms with Crippen molar-refractivity contribution in [3.8, 4) is 0 Å². The van der Waals surface area contributed by atoms with Gasteiger partial charge in [-0.3, -0.25) is 10.1 Å². The second kappa shape index (κ2) is 8.20. The van der Waals surface area contributed by atoms with Crippen molar-refractivity contribution >= 4 is 44.3 Å². The van der Waals surface area contributed by atoms with Gasteiger partial charge in [0.1, 0.15) is 0 Å². The predicted octanol–water partition coefficient (Wildman–Crippen LogP) is 2.63. The molecule has 10 heteroatoms. The van der Waals surface area contributed by atoms with Gasteiger partial charge in [0.05, 0.1) is 22.8 Å². The predicted molar refractivity (Wildman–Crippen MR) is 91.2 cm³/mol. The molecule has 0 bridgehead atoms. The van der Waals surface area contributed by atoms with Gasteiger partial charge in [-0.1, -0.05) is 17.4 Å². The number of carbonyl (C=O) groups is 2. The Labute approximate surface area is 146 Å². The fraction of sp³-hybridized carbons (Fsp3) is 0.267. The second-order valence-electron chi connectivity index (χ2n) is 4.54. The molecule has 0 atom stereocenters. The van der Waals surface area contributed by atoms with Crippen LogP contribution in [0.3, 0.4) is 0 Å². The van der Waals surface area contributed by atoms with E-state index in [0.29, 0.717) is 4.70 Å². The number of benzene rings is 1. The molecule has 25 heavy (non-hydrogen) atoms. The minimum absolute atomic E-state index is 0.100. The normalized spacial score (nSPS) is 10.2. The first-order valence-corrected chi connectivity index (χ1v) is 8.14. The largest absolute Gasteiger partial charge is 0.462 e. The van der Waals surface area contributed by atoms with E-state index < -0.39 is 16.9 Å². The number of non-ortho nitro benzene ring substituents is 1. The summed E-state index contributed by atoms with van der Waals surface area (Å²) >= 11 is 1.15. The van der Waals surface area contributed by atoms with Crippen LogP contribution < -0.4 is 5.32 Å². The van der Waals surface area contributed by atoms with Crippen LogP contribution >= 0.6 is 11.3 Å². The van der Waals surface area contributed by atoms with Crippen LogP contribution in [0, 0.1) is 10.1 Å². The van der Waals surface area contributed by atoms with Crippen molar-refractivity contribution in [1.82, 2.24) is 4.98 Å². The first-order chi connectivity index (χ1) is 12.0. The van der Waals surface area contributed by atoms with Crippen LogP contribution in [0.15, 0.2) is 30.0 Å². The van der Waals surface area contributed by atoms with E-state index in [-0.39, 0.29) is 35.1 Å². The van der Waals surface area contributed by atoms with E-state index >= 15 is 0 Å². The molecule has 0 spiro atoms. The quantitative estimate of drug-likeness (QED) is 0.198. The number of rotatable bonds is 7. The maximum atomic E-state index is 11.9. The second-order valence-corrected chi connectivity index (χ2v) is 5.57. The molecule has 0 saturated heterocycles. The zero-order chi connectivity index (χ0) is 18.4. The number of ether oxygens (including phenoxy) is 2. The molecule has 2 rings (SSSR count). The van der Waals surface area contributed by atoms with Crippen LogP contribution in [0.2, 0.25) is 0 Å². The summed E-state index contributed by atoms with van der Waals surface area (Å²) in [5.41, 5.74) is -0.221. The number of fused-ring (bicyclic) bond motifs is 1. The molecular weight excluding hydrogens is 350 g/mol. The number of esters is 2. The Hall–Kier alpha value is -3.01. The molecule has 132 valence electrons. The lowest BCUT2D eigenvalue weighted by molar-refractivity contribution is -0.383. The molecule has 1 aromatic heterocycles.